The van der Waals surface area contributed by atoms with Crippen LogP contribution < -0.4 is 0 Å². The molecule has 0 fully saturated rings. The summed E-state index contributed by atoms with van der Waals surface area (Å²) in [7, 11) is 0. The maximum absolute atomic E-state index is 13.6. The molecule has 1 atom stereocenters. The van der Waals surface area contributed by atoms with Gasteiger partial charge in [0, 0.05) is 10.9 Å². The molecular formula is C10H9BrClFO. The van der Waals surface area contributed by atoms with Crippen LogP contribution in [-0.2, 0) is 10.1 Å². The minimum atomic E-state index is -0.894. The lowest BCUT2D eigenvalue weighted by Crippen LogP contribution is -2.05. The largest absolute Gasteiger partial charge is 0.298 e. The Kier molecular flexibility index (Phi) is 4.08. The SMILES string of the molecule is CC(=O)C(Cl)c1cccc(CBr)c1F. The van der Waals surface area contributed by atoms with E-state index in [2.05, 4.69) is 15.9 Å². The van der Waals surface area contributed by atoms with Gasteiger partial charge < -0.3 is 0 Å². The summed E-state index contributed by atoms with van der Waals surface area (Å²) >= 11 is 8.93. The summed E-state index contributed by atoms with van der Waals surface area (Å²) in [5, 5.41) is -0.484. The molecule has 0 heterocycles. The van der Waals surface area contributed by atoms with Crippen LogP contribution in [0, 0.1) is 5.82 Å². The minimum Gasteiger partial charge on any atom is -0.298 e. The van der Waals surface area contributed by atoms with E-state index in [0.717, 1.165) is 0 Å². The Morgan fingerprint density at radius 1 is 1.64 bits per heavy atom. The summed E-state index contributed by atoms with van der Waals surface area (Å²) in [6.07, 6.45) is 0. The molecule has 0 spiro atoms. The Bertz CT molecular complexity index is 354. The molecule has 1 aromatic rings. The summed E-state index contributed by atoms with van der Waals surface area (Å²) in [6, 6.07) is 4.87. The molecule has 4 heteroatoms. The first-order chi connectivity index (χ1) is 6.57. The molecule has 1 rings (SSSR count). The molecule has 0 saturated heterocycles. The van der Waals surface area contributed by atoms with Crippen molar-refractivity contribution in [2.24, 2.45) is 0 Å². The molecule has 0 N–H and O–H groups in total. The van der Waals surface area contributed by atoms with E-state index in [1.807, 2.05) is 0 Å². The molecule has 14 heavy (non-hydrogen) atoms. The molecule has 1 nitrogen and oxygen atoms in total. The van der Waals surface area contributed by atoms with Crippen LogP contribution in [0.1, 0.15) is 23.4 Å². The Balaban J connectivity index is 3.15. The maximum Gasteiger partial charge on any atom is 0.152 e. The van der Waals surface area contributed by atoms with Crippen LogP contribution in [0.3, 0.4) is 0 Å². The first kappa shape index (κ1) is 11.7. The van der Waals surface area contributed by atoms with E-state index in [1.54, 1.807) is 12.1 Å². The average Bonchev–Trinajstić information content (AvgIpc) is 2.17. The van der Waals surface area contributed by atoms with Gasteiger partial charge in [0.1, 0.15) is 11.2 Å². The van der Waals surface area contributed by atoms with E-state index in [-0.39, 0.29) is 11.3 Å². The molecule has 0 amide bonds. The molecule has 1 aromatic carbocycles. The smallest absolute Gasteiger partial charge is 0.152 e. The lowest BCUT2D eigenvalue weighted by atomic mass is 10.1. The number of benzene rings is 1. The van der Waals surface area contributed by atoms with Gasteiger partial charge in [0.05, 0.1) is 0 Å². The summed E-state index contributed by atoms with van der Waals surface area (Å²) in [4.78, 5) is 11.0. The number of Topliss-reactive ketones (excluding diaryl/α,β-unsaturated/α-hetero) is 1. The highest BCUT2D eigenvalue weighted by Crippen LogP contribution is 2.26. The van der Waals surface area contributed by atoms with E-state index in [0.29, 0.717) is 10.9 Å². The summed E-state index contributed by atoms with van der Waals surface area (Å²) in [5.74, 6) is -0.656. The van der Waals surface area contributed by atoms with Gasteiger partial charge in [-0.2, -0.15) is 0 Å². The van der Waals surface area contributed by atoms with E-state index >= 15 is 0 Å². The molecule has 0 aliphatic rings. The zero-order chi connectivity index (χ0) is 10.7. The van der Waals surface area contributed by atoms with Gasteiger partial charge in [-0.3, -0.25) is 4.79 Å². The fourth-order valence-corrected chi connectivity index (χ4v) is 1.72. The standard InChI is InChI=1S/C10H9BrClFO/c1-6(14)9(12)8-4-2-3-7(5-11)10(8)13/h2-4,9H,5H2,1H3. The first-order valence-electron chi connectivity index (χ1n) is 4.05. The predicted molar refractivity (Wildman–Crippen MR) is 58.3 cm³/mol. The van der Waals surface area contributed by atoms with Gasteiger partial charge in [0.15, 0.2) is 5.78 Å². The van der Waals surface area contributed by atoms with Crippen LogP contribution in [0.25, 0.3) is 0 Å². The van der Waals surface area contributed by atoms with Crippen LogP contribution >= 0.6 is 27.5 Å². The van der Waals surface area contributed by atoms with Gasteiger partial charge in [-0.05, 0) is 12.5 Å². The zero-order valence-corrected chi connectivity index (χ0v) is 9.90. The third-order valence-corrected chi connectivity index (χ3v) is 3.03. The van der Waals surface area contributed by atoms with E-state index in [4.69, 9.17) is 11.6 Å². The van der Waals surface area contributed by atoms with Crippen LogP contribution in [0.15, 0.2) is 18.2 Å². The molecule has 0 aliphatic heterocycles. The van der Waals surface area contributed by atoms with Crippen LogP contribution in [0.5, 0.6) is 0 Å². The quantitative estimate of drug-likeness (QED) is 0.773. The second-order valence-electron chi connectivity index (χ2n) is 2.93. The number of carbonyl (C=O) groups is 1. The Labute approximate surface area is 95.4 Å². The van der Waals surface area contributed by atoms with Crippen LogP contribution in [-0.4, -0.2) is 5.78 Å². The average molecular weight is 280 g/mol. The van der Waals surface area contributed by atoms with Crippen molar-refractivity contribution in [3.8, 4) is 0 Å². The third-order valence-electron chi connectivity index (χ3n) is 1.88. The van der Waals surface area contributed by atoms with E-state index < -0.39 is 11.2 Å². The van der Waals surface area contributed by atoms with Crippen molar-refractivity contribution < 1.29 is 9.18 Å². The molecule has 0 aliphatic carbocycles. The number of ketones is 1. The summed E-state index contributed by atoms with van der Waals surface area (Å²) in [5.41, 5.74) is 0.755. The number of hydrogen-bond acceptors (Lipinski definition) is 1. The highest BCUT2D eigenvalue weighted by molar-refractivity contribution is 9.08. The highest BCUT2D eigenvalue weighted by atomic mass is 79.9. The number of rotatable bonds is 3. The Morgan fingerprint density at radius 3 is 2.79 bits per heavy atom. The van der Waals surface area contributed by atoms with Gasteiger partial charge in [-0.1, -0.05) is 34.1 Å². The minimum absolute atomic E-state index is 0.246. The predicted octanol–water partition coefficient (Wildman–Crippen LogP) is 3.59. The van der Waals surface area contributed by atoms with Crippen molar-refractivity contribution in [3.05, 3.63) is 35.1 Å². The lowest BCUT2D eigenvalue weighted by molar-refractivity contribution is -0.116. The normalized spacial score (nSPS) is 12.6. The van der Waals surface area contributed by atoms with Gasteiger partial charge in [0.25, 0.3) is 0 Å². The van der Waals surface area contributed by atoms with E-state index in [1.165, 1.54) is 13.0 Å². The first-order valence-corrected chi connectivity index (χ1v) is 5.61. The van der Waals surface area contributed by atoms with Crippen molar-refractivity contribution in [2.75, 3.05) is 0 Å². The van der Waals surface area contributed by atoms with Gasteiger partial charge >= 0.3 is 0 Å². The van der Waals surface area contributed by atoms with Crippen molar-refractivity contribution >= 4 is 33.3 Å². The number of halogens is 3. The van der Waals surface area contributed by atoms with Gasteiger partial charge in [0.2, 0.25) is 0 Å². The monoisotopic (exact) mass is 278 g/mol. The summed E-state index contributed by atoms with van der Waals surface area (Å²) in [6.45, 7) is 1.35. The Morgan fingerprint density at radius 2 is 2.29 bits per heavy atom. The molecule has 76 valence electrons. The molecule has 1 unspecified atom stereocenters. The van der Waals surface area contributed by atoms with Crippen molar-refractivity contribution in [3.63, 3.8) is 0 Å². The van der Waals surface area contributed by atoms with Crippen molar-refractivity contribution in [1.29, 1.82) is 0 Å². The fraction of sp³-hybridized carbons (Fsp3) is 0.300. The van der Waals surface area contributed by atoms with Crippen molar-refractivity contribution in [2.45, 2.75) is 17.6 Å². The lowest BCUT2D eigenvalue weighted by Gasteiger charge is -2.09. The van der Waals surface area contributed by atoms with Gasteiger partial charge in [-0.15, -0.1) is 11.6 Å². The molecule has 0 saturated carbocycles. The molecule has 0 radical (unpaired) electrons. The molecule has 0 aromatic heterocycles. The second kappa shape index (κ2) is 4.89. The number of alkyl halides is 2. The summed E-state index contributed by atoms with van der Waals surface area (Å²) < 4.78 is 13.6. The second-order valence-corrected chi connectivity index (χ2v) is 3.92. The molecular weight excluding hydrogens is 270 g/mol. The number of carbonyl (C=O) groups excluding carboxylic acids is 1. The highest BCUT2D eigenvalue weighted by Gasteiger charge is 2.18. The fourth-order valence-electron chi connectivity index (χ4n) is 1.12. The Hall–Kier alpha value is -0.410. The topological polar surface area (TPSA) is 17.1 Å². The number of hydrogen-bond donors (Lipinski definition) is 0. The van der Waals surface area contributed by atoms with Gasteiger partial charge in [-0.25, -0.2) is 4.39 Å². The van der Waals surface area contributed by atoms with Crippen LogP contribution in [0.2, 0.25) is 0 Å². The van der Waals surface area contributed by atoms with E-state index in [9.17, 15) is 9.18 Å². The molecule has 0 bridgehead atoms. The van der Waals surface area contributed by atoms with Crippen molar-refractivity contribution in [1.82, 2.24) is 0 Å². The zero-order valence-electron chi connectivity index (χ0n) is 7.56. The third kappa shape index (κ3) is 2.34. The maximum atomic E-state index is 13.6. The van der Waals surface area contributed by atoms with Crippen LogP contribution in [0.4, 0.5) is 4.39 Å².